The maximum Gasteiger partial charge on any atom is 0.260 e. The predicted octanol–water partition coefficient (Wildman–Crippen LogP) is 4.63. The second kappa shape index (κ2) is 7.68. The van der Waals surface area contributed by atoms with Gasteiger partial charge in [-0.1, -0.05) is 42.5 Å². The molecule has 0 fully saturated rings. The van der Waals surface area contributed by atoms with Crippen molar-refractivity contribution in [1.29, 1.82) is 0 Å². The molecule has 7 heteroatoms. The standard InChI is InChI=1S/C23H17FN4OS/c24-17-8-6-16(7-9-17)18-14-30-23-21(18)22(29)26-19(27-23)12-20-25-10-11-28(20)13-15-4-2-1-3-5-15/h1-11,14H,12-13H2,(H,26,27,29). The van der Waals surface area contributed by atoms with E-state index in [1.54, 1.807) is 18.3 Å². The highest BCUT2D eigenvalue weighted by atomic mass is 32.1. The first-order chi connectivity index (χ1) is 14.7. The molecule has 0 unspecified atom stereocenters. The van der Waals surface area contributed by atoms with Crippen LogP contribution in [0.25, 0.3) is 21.3 Å². The summed E-state index contributed by atoms with van der Waals surface area (Å²) in [6.45, 7) is 0.705. The Labute approximate surface area is 175 Å². The zero-order valence-corrected chi connectivity index (χ0v) is 16.7. The van der Waals surface area contributed by atoms with Gasteiger partial charge in [-0.15, -0.1) is 11.3 Å². The fraction of sp³-hybridized carbons (Fsp3) is 0.0870. The third-order valence-corrected chi connectivity index (χ3v) is 5.84. The number of nitrogens with zero attached hydrogens (tertiary/aromatic N) is 3. The van der Waals surface area contributed by atoms with Crippen LogP contribution in [0.15, 0.2) is 77.2 Å². The lowest BCUT2D eigenvalue weighted by atomic mass is 10.1. The van der Waals surface area contributed by atoms with Crippen LogP contribution in [0.4, 0.5) is 4.39 Å². The molecule has 0 saturated heterocycles. The molecule has 0 aliphatic carbocycles. The fourth-order valence-electron chi connectivity index (χ4n) is 3.50. The Morgan fingerprint density at radius 1 is 1.07 bits per heavy atom. The Balaban J connectivity index is 1.47. The fourth-order valence-corrected chi connectivity index (χ4v) is 4.47. The third kappa shape index (κ3) is 3.55. The van der Waals surface area contributed by atoms with Gasteiger partial charge in [0.15, 0.2) is 0 Å². The molecule has 5 nitrogen and oxygen atoms in total. The number of halogens is 1. The number of aromatic nitrogens is 4. The van der Waals surface area contributed by atoms with E-state index in [1.165, 1.54) is 29.0 Å². The van der Waals surface area contributed by atoms with Crippen molar-refractivity contribution in [3.63, 3.8) is 0 Å². The van der Waals surface area contributed by atoms with Crippen LogP contribution in [0.3, 0.4) is 0 Å². The second-order valence-corrected chi connectivity index (χ2v) is 7.84. The minimum Gasteiger partial charge on any atom is -0.330 e. The van der Waals surface area contributed by atoms with Crippen LogP contribution in [0.1, 0.15) is 17.2 Å². The summed E-state index contributed by atoms with van der Waals surface area (Å²) in [5.41, 5.74) is 2.54. The van der Waals surface area contributed by atoms with Crippen molar-refractivity contribution < 1.29 is 4.39 Å². The molecule has 148 valence electrons. The van der Waals surface area contributed by atoms with Gasteiger partial charge < -0.3 is 9.55 Å². The smallest absolute Gasteiger partial charge is 0.260 e. The van der Waals surface area contributed by atoms with Gasteiger partial charge in [0.25, 0.3) is 5.56 Å². The molecule has 0 bridgehead atoms. The molecule has 0 spiro atoms. The van der Waals surface area contributed by atoms with Crippen LogP contribution in [-0.2, 0) is 13.0 Å². The van der Waals surface area contributed by atoms with Gasteiger partial charge in [-0.3, -0.25) is 4.79 Å². The summed E-state index contributed by atoms with van der Waals surface area (Å²) in [5.74, 6) is 1.09. The van der Waals surface area contributed by atoms with Crippen LogP contribution in [0, 0.1) is 5.82 Å². The zero-order valence-electron chi connectivity index (χ0n) is 15.9. The first-order valence-electron chi connectivity index (χ1n) is 9.47. The van der Waals surface area contributed by atoms with Crippen LogP contribution in [-0.4, -0.2) is 19.5 Å². The summed E-state index contributed by atoms with van der Waals surface area (Å²) in [7, 11) is 0. The molecular formula is C23H17FN4OS. The largest absolute Gasteiger partial charge is 0.330 e. The highest BCUT2D eigenvalue weighted by Crippen LogP contribution is 2.30. The van der Waals surface area contributed by atoms with E-state index in [-0.39, 0.29) is 11.4 Å². The number of H-pyrrole nitrogens is 1. The normalized spacial score (nSPS) is 11.2. The van der Waals surface area contributed by atoms with E-state index >= 15 is 0 Å². The van der Waals surface area contributed by atoms with Gasteiger partial charge >= 0.3 is 0 Å². The van der Waals surface area contributed by atoms with Crippen LogP contribution >= 0.6 is 11.3 Å². The number of thiophene rings is 1. The van der Waals surface area contributed by atoms with Crippen molar-refractivity contribution in [3.8, 4) is 11.1 Å². The van der Waals surface area contributed by atoms with E-state index in [0.717, 1.165) is 17.0 Å². The Morgan fingerprint density at radius 2 is 1.87 bits per heavy atom. The monoisotopic (exact) mass is 416 g/mol. The van der Waals surface area contributed by atoms with Crippen molar-refractivity contribution in [2.45, 2.75) is 13.0 Å². The lowest BCUT2D eigenvalue weighted by Gasteiger charge is -2.08. The maximum absolute atomic E-state index is 13.2. The summed E-state index contributed by atoms with van der Waals surface area (Å²) in [6.07, 6.45) is 4.11. The average Bonchev–Trinajstić information content (AvgIpc) is 3.37. The molecule has 0 radical (unpaired) electrons. The van der Waals surface area contributed by atoms with Crippen molar-refractivity contribution in [1.82, 2.24) is 19.5 Å². The number of hydrogen-bond acceptors (Lipinski definition) is 4. The molecule has 0 atom stereocenters. The molecule has 3 heterocycles. The molecular weight excluding hydrogens is 399 g/mol. The van der Waals surface area contributed by atoms with Crippen molar-refractivity contribution in [2.24, 2.45) is 0 Å². The summed E-state index contributed by atoms with van der Waals surface area (Å²) in [4.78, 5) is 25.5. The lowest BCUT2D eigenvalue weighted by Crippen LogP contribution is -2.14. The minimum absolute atomic E-state index is 0.197. The number of nitrogens with one attached hydrogen (secondary N) is 1. The summed E-state index contributed by atoms with van der Waals surface area (Å²) in [5, 5.41) is 2.42. The molecule has 0 aliphatic heterocycles. The van der Waals surface area contributed by atoms with Crippen LogP contribution in [0.5, 0.6) is 0 Å². The number of fused-ring (bicyclic) bond motifs is 1. The topological polar surface area (TPSA) is 63.6 Å². The molecule has 30 heavy (non-hydrogen) atoms. The van der Waals surface area contributed by atoms with Gasteiger partial charge in [0, 0.05) is 29.9 Å². The number of aromatic amines is 1. The Kier molecular flexibility index (Phi) is 4.72. The van der Waals surface area contributed by atoms with E-state index in [1.807, 2.05) is 29.8 Å². The first kappa shape index (κ1) is 18.4. The van der Waals surface area contributed by atoms with Gasteiger partial charge in [0.2, 0.25) is 0 Å². The Bertz CT molecular complexity index is 1370. The SMILES string of the molecule is O=c1[nH]c(Cc2nccn2Cc2ccccc2)nc2scc(-c3ccc(F)cc3)c12. The first-order valence-corrected chi connectivity index (χ1v) is 10.4. The van der Waals surface area contributed by atoms with Crippen molar-refractivity contribution in [2.75, 3.05) is 0 Å². The van der Waals surface area contributed by atoms with Gasteiger partial charge in [-0.25, -0.2) is 14.4 Å². The van der Waals surface area contributed by atoms with E-state index in [4.69, 9.17) is 0 Å². The number of hydrogen-bond donors (Lipinski definition) is 1. The highest BCUT2D eigenvalue weighted by molar-refractivity contribution is 7.17. The summed E-state index contributed by atoms with van der Waals surface area (Å²) < 4.78 is 15.3. The highest BCUT2D eigenvalue weighted by Gasteiger charge is 2.14. The second-order valence-electron chi connectivity index (χ2n) is 6.98. The van der Waals surface area contributed by atoms with E-state index in [9.17, 15) is 9.18 Å². The third-order valence-electron chi connectivity index (χ3n) is 4.97. The van der Waals surface area contributed by atoms with Gasteiger partial charge in [0.05, 0.1) is 11.8 Å². The molecule has 0 saturated carbocycles. The lowest BCUT2D eigenvalue weighted by molar-refractivity contribution is 0.628. The zero-order chi connectivity index (χ0) is 20.5. The molecule has 5 rings (SSSR count). The summed E-state index contributed by atoms with van der Waals surface area (Å²) in [6, 6.07) is 16.3. The number of imidazole rings is 1. The number of benzene rings is 2. The molecule has 3 aromatic heterocycles. The van der Waals surface area contributed by atoms with Gasteiger partial charge in [-0.05, 0) is 23.3 Å². The van der Waals surface area contributed by atoms with E-state index < -0.39 is 0 Å². The van der Waals surface area contributed by atoms with Crippen molar-refractivity contribution >= 4 is 21.6 Å². The minimum atomic E-state index is -0.307. The predicted molar refractivity (Wildman–Crippen MR) is 116 cm³/mol. The quantitative estimate of drug-likeness (QED) is 0.454. The van der Waals surface area contributed by atoms with Crippen LogP contribution < -0.4 is 5.56 Å². The molecule has 2 aromatic carbocycles. The molecule has 1 N–H and O–H groups in total. The molecule has 5 aromatic rings. The Hall–Kier alpha value is -3.58. The summed E-state index contributed by atoms with van der Waals surface area (Å²) >= 11 is 1.41. The molecule has 0 amide bonds. The van der Waals surface area contributed by atoms with Crippen LogP contribution in [0.2, 0.25) is 0 Å². The van der Waals surface area contributed by atoms with E-state index in [2.05, 4.69) is 31.7 Å². The maximum atomic E-state index is 13.2. The van der Waals surface area contributed by atoms with Gasteiger partial charge in [-0.2, -0.15) is 0 Å². The average molecular weight is 416 g/mol. The Morgan fingerprint density at radius 3 is 2.67 bits per heavy atom. The van der Waals surface area contributed by atoms with Gasteiger partial charge in [0.1, 0.15) is 22.3 Å². The van der Waals surface area contributed by atoms with Crippen molar-refractivity contribution in [3.05, 3.63) is 106 Å². The van der Waals surface area contributed by atoms with E-state index in [0.29, 0.717) is 29.0 Å². The number of rotatable bonds is 5. The molecule has 0 aliphatic rings.